The van der Waals surface area contributed by atoms with E-state index in [9.17, 15) is 0 Å². The van der Waals surface area contributed by atoms with Crippen molar-refractivity contribution in [1.29, 1.82) is 0 Å². The Labute approximate surface area is 116 Å². The first-order chi connectivity index (χ1) is 8.72. The molecule has 92 valence electrons. The van der Waals surface area contributed by atoms with Crippen molar-refractivity contribution in [3.63, 3.8) is 0 Å². The number of nitrogens with zero attached hydrogens (tertiary/aromatic N) is 2. The maximum absolute atomic E-state index is 5.84. The van der Waals surface area contributed by atoms with E-state index < -0.39 is 0 Å². The molecule has 0 fully saturated rings. The molecule has 4 heteroatoms. The smallest absolute Gasteiger partial charge is 0.223 e. The first kappa shape index (κ1) is 12.0. The first-order valence-electron chi connectivity index (χ1n) is 6.01. The molecule has 0 saturated carbocycles. The Morgan fingerprint density at radius 2 is 2.06 bits per heavy atom. The van der Waals surface area contributed by atoms with Gasteiger partial charge in [0, 0.05) is 16.7 Å². The fraction of sp³-hybridized carbons (Fsp3) is 0.286. The van der Waals surface area contributed by atoms with E-state index in [1.165, 1.54) is 35.3 Å². The molecule has 0 bridgehead atoms. The van der Waals surface area contributed by atoms with Crippen LogP contribution in [0.1, 0.15) is 23.1 Å². The third-order valence-electron chi connectivity index (χ3n) is 3.18. The molecule has 0 atom stereocenters. The number of aryl methyl sites for hydroxylation is 3. The summed E-state index contributed by atoms with van der Waals surface area (Å²) in [5, 5.41) is 1.25. The number of benzene rings is 1. The first-order valence-corrected chi connectivity index (χ1v) is 7.20. The Balaban J connectivity index is 1.90. The van der Waals surface area contributed by atoms with Crippen molar-refractivity contribution >= 4 is 23.4 Å². The van der Waals surface area contributed by atoms with Crippen molar-refractivity contribution in [3.8, 4) is 0 Å². The number of hydrogen-bond donors (Lipinski definition) is 0. The van der Waals surface area contributed by atoms with Crippen LogP contribution in [0.5, 0.6) is 0 Å². The van der Waals surface area contributed by atoms with Gasteiger partial charge >= 0.3 is 0 Å². The lowest BCUT2D eigenvalue weighted by molar-refractivity contribution is 0.911. The highest BCUT2D eigenvalue weighted by Crippen LogP contribution is 2.32. The molecule has 1 aromatic heterocycles. The lowest BCUT2D eigenvalue weighted by Gasteiger charge is -2.06. The second-order valence-electron chi connectivity index (χ2n) is 4.51. The molecule has 1 aliphatic carbocycles. The molecule has 3 rings (SSSR count). The van der Waals surface area contributed by atoms with Crippen LogP contribution in [-0.4, -0.2) is 9.97 Å². The van der Waals surface area contributed by atoms with Crippen LogP contribution in [0.4, 0.5) is 0 Å². The molecule has 0 aliphatic heterocycles. The lowest BCUT2D eigenvalue weighted by atomic mass is 10.1. The molecular weight excluding hydrogens is 264 g/mol. The highest BCUT2D eigenvalue weighted by Gasteiger charge is 2.12. The number of rotatable bonds is 2. The van der Waals surface area contributed by atoms with E-state index in [0.29, 0.717) is 5.28 Å². The standard InChI is InChI=1S/C14H13ClN2S/c1-9-8-16-14(15)17-13(9)18-12-6-5-10-3-2-4-11(10)7-12/h5-8H,2-4H2,1H3. The zero-order chi connectivity index (χ0) is 12.5. The minimum atomic E-state index is 0.310. The van der Waals surface area contributed by atoms with Gasteiger partial charge in [-0.05, 0) is 61.0 Å². The van der Waals surface area contributed by atoms with E-state index in [2.05, 4.69) is 28.2 Å². The Morgan fingerprint density at radius 3 is 2.94 bits per heavy atom. The molecule has 2 nitrogen and oxygen atoms in total. The van der Waals surface area contributed by atoms with E-state index in [1.54, 1.807) is 18.0 Å². The van der Waals surface area contributed by atoms with Gasteiger partial charge in [-0.25, -0.2) is 9.97 Å². The normalized spacial score (nSPS) is 13.7. The Bertz CT molecular complexity index is 598. The van der Waals surface area contributed by atoms with Gasteiger partial charge < -0.3 is 0 Å². The molecule has 1 heterocycles. The van der Waals surface area contributed by atoms with Crippen molar-refractivity contribution in [2.45, 2.75) is 36.1 Å². The Kier molecular flexibility index (Phi) is 3.27. The predicted molar refractivity (Wildman–Crippen MR) is 74.4 cm³/mol. The van der Waals surface area contributed by atoms with E-state index in [4.69, 9.17) is 11.6 Å². The van der Waals surface area contributed by atoms with Gasteiger partial charge in [0.1, 0.15) is 5.03 Å². The van der Waals surface area contributed by atoms with Crippen LogP contribution in [0, 0.1) is 6.92 Å². The Morgan fingerprint density at radius 1 is 1.22 bits per heavy atom. The summed E-state index contributed by atoms with van der Waals surface area (Å²) in [7, 11) is 0. The second-order valence-corrected chi connectivity index (χ2v) is 5.91. The van der Waals surface area contributed by atoms with Gasteiger partial charge in [0.2, 0.25) is 5.28 Å². The molecule has 1 aliphatic rings. The van der Waals surface area contributed by atoms with Crippen molar-refractivity contribution in [3.05, 3.63) is 46.4 Å². The minimum absolute atomic E-state index is 0.310. The largest absolute Gasteiger partial charge is 0.226 e. The summed E-state index contributed by atoms with van der Waals surface area (Å²) in [6, 6.07) is 6.69. The van der Waals surface area contributed by atoms with E-state index >= 15 is 0 Å². The van der Waals surface area contributed by atoms with E-state index in [1.807, 2.05) is 6.92 Å². The molecule has 0 unspecified atom stereocenters. The third-order valence-corrected chi connectivity index (χ3v) is 4.46. The number of fused-ring (bicyclic) bond motifs is 1. The van der Waals surface area contributed by atoms with Crippen molar-refractivity contribution in [1.82, 2.24) is 9.97 Å². The average molecular weight is 277 g/mol. The van der Waals surface area contributed by atoms with Gasteiger partial charge in [-0.2, -0.15) is 0 Å². The zero-order valence-electron chi connectivity index (χ0n) is 10.1. The van der Waals surface area contributed by atoms with Gasteiger partial charge in [-0.3, -0.25) is 0 Å². The van der Waals surface area contributed by atoms with E-state index in [0.717, 1.165) is 10.6 Å². The van der Waals surface area contributed by atoms with Crippen LogP contribution in [0.15, 0.2) is 34.3 Å². The summed E-state index contributed by atoms with van der Waals surface area (Å²) in [6.45, 7) is 2.01. The topological polar surface area (TPSA) is 25.8 Å². The molecule has 0 radical (unpaired) electrons. The van der Waals surface area contributed by atoms with Gasteiger partial charge in [0.05, 0.1) is 0 Å². The molecule has 18 heavy (non-hydrogen) atoms. The maximum Gasteiger partial charge on any atom is 0.223 e. The summed E-state index contributed by atoms with van der Waals surface area (Å²) in [4.78, 5) is 9.49. The molecule has 0 N–H and O–H groups in total. The van der Waals surface area contributed by atoms with Crippen LogP contribution in [0.2, 0.25) is 5.28 Å². The number of halogens is 1. The van der Waals surface area contributed by atoms with Crippen LogP contribution in [0.25, 0.3) is 0 Å². The number of aromatic nitrogens is 2. The van der Waals surface area contributed by atoms with Gasteiger partial charge in [0.15, 0.2) is 0 Å². The van der Waals surface area contributed by atoms with E-state index in [-0.39, 0.29) is 0 Å². The molecule has 0 spiro atoms. The monoisotopic (exact) mass is 276 g/mol. The van der Waals surface area contributed by atoms with Crippen LogP contribution in [0.3, 0.4) is 0 Å². The fourth-order valence-corrected chi connectivity index (χ4v) is 3.32. The fourth-order valence-electron chi connectivity index (χ4n) is 2.23. The maximum atomic E-state index is 5.84. The van der Waals surface area contributed by atoms with Crippen molar-refractivity contribution < 1.29 is 0 Å². The van der Waals surface area contributed by atoms with Gasteiger partial charge in [0.25, 0.3) is 0 Å². The zero-order valence-corrected chi connectivity index (χ0v) is 11.7. The summed E-state index contributed by atoms with van der Waals surface area (Å²) in [5.74, 6) is 0. The van der Waals surface area contributed by atoms with Crippen LogP contribution < -0.4 is 0 Å². The summed E-state index contributed by atoms with van der Waals surface area (Å²) in [5.41, 5.74) is 4.04. The average Bonchev–Trinajstić information content (AvgIpc) is 2.81. The van der Waals surface area contributed by atoms with Gasteiger partial charge in [-0.15, -0.1) is 0 Å². The molecule has 1 aromatic carbocycles. The highest BCUT2D eigenvalue weighted by molar-refractivity contribution is 7.99. The second kappa shape index (κ2) is 4.90. The Hall–Kier alpha value is -1.06. The van der Waals surface area contributed by atoms with Crippen molar-refractivity contribution in [2.24, 2.45) is 0 Å². The highest BCUT2D eigenvalue weighted by atomic mass is 35.5. The van der Waals surface area contributed by atoms with Crippen molar-refractivity contribution in [2.75, 3.05) is 0 Å². The molecular formula is C14H13ClN2S. The lowest BCUT2D eigenvalue weighted by Crippen LogP contribution is -1.90. The predicted octanol–water partition coefficient (Wildman–Crippen LogP) is 4.08. The van der Waals surface area contributed by atoms with Crippen LogP contribution >= 0.6 is 23.4 Å². The summed E-state index contributed by atoms with van der Waals surface area (Å²) >= 11 is 7.50. The minimum Gasteiger partial charge on any atom is -0.226 e. The quantitative estimate of drug-likeness (QED) is 0.611. The third kappa shape index (κ3) is 2.38. The van der Waals surface area contributed by atoms with Gasteiger partial charge in [-0.1, -0.05) is 17.8 Å². The summed E-state index contributed by atoms with van der Waals surface area (Å²) < 4.78 is 0. The number of hydrogen-bond acceptors (Lipinski definition) is 3. The molecule has 0 amide bonds. The molecule has 2 aromatic rings. The van der Waals surface area contributed by atoms with Crippen LogP contribution in [-0.2, 0) is 12.8 Å². The molecule has 0 saturated heterocycles. The SMILES string of the molecule is Cc1cnc(Cl)nc1Sc1ccc2c(c1)CCC2. The summed E-state index contributed by atoms with van der Waals surface area (Å²) in [6.07, 6.45) is 5.47.